The van der Waals surface area contributed by atoms with Gasteiger partial charge in [-0.15, -0.1) is 0 Å². The molecule has 0 aliphatic heterocycles. The van der Waals surface area contributed by atoms with Crippen LogP contribution in [-0.4, -0.2) is 12.0 Å². The number of ketones is 1. The average Bonchev–Trinajstić information content (AvgIpc) is 2.47. The molecule has 0 saturated heterocycles. The second-order valence-electron chi connectivity index (χ2n) is 5.96. The standard InChI is InChI=1S/C17H21F3O/c1-2-3-12-4-6-13(7-5-12)14-8-10-15(11-9-14)16(21)17(18,19)20/h8-13H,2-7H2,1H3. The van der Waals surface area contributed by atoms with Crippen LogP contribution < -0.4 is 0 Å². The van der Waals surface area contributed by atoms with Gasteiger partial charge in [-0.2, -0.15) is 13.2 Å². The first-order valence-electron chi connectivity index (χ1n) is 7.63. The molecular formula is C17H21F3O. The summed E-state index contributed by atoms with van der Waals surface area (Å²) in [6, 6.07) is 5.99. The molecule has 116 valence electrons. The number of halogens is 3. The molecule has 0 atom stereocenters. The summed E-state index contributed by atoms with van der Waals surface area (Å²) in [5.74, 6) is -0.536. The maximum Gasteiger partial charge on any atom is 0.454 e. The van der Waals surface area contributed by atoms with Crippen LogP contribution in [0.15, 0.2) is 24.3 Å². The Morgan fingerprint density at radius 1 is 1.10 bits per heavy atom. The van der Waals surface area contributed by atoms with Crippen molar-refractivity contribution in [1.82, 2.24) is 0 Å². The zero-order valence-electron chi connectivity index (χ0n) is 12.2. The smallest absolute Gasteiger partial charge is 0.284 e. The minimum Gasteiger partial charge on any atom is -0.284 e. The van der Waals surface area contributed by atoms with E-state index in [9.17, 15) is 18.0 Å². The Bertz CT molecular complexity index is 468. The van der Waals surface area contributed by atoms with Crippen LogP contribution in [-0.2, 0) is 0 Å². The fraction of sp³-hybridized carbons (Fsp3) is 0.588. The van der Waals surface area contributed by atoms with E-state index in [1.165, 1.54) is 37.8 Å². The molecule has 0 spiro atoms. The molecule has 0 N–H and O–H groups in total. The molecule has 1 aromatic carbocycles. The van der Waals surface area contributed by atoms with Crippen molar-refractivity contribution in [2.45, 2.75) is 57.5 Å². The molecule has 0 amide bonds. The van der Waals surface area contributed by atoms with Gasteiger partial charge in [0.1, 0.15) is 0 Å². The van der Waals surface area contributed by atoms with Crippen molar-refractivity contribution in [1.29, 1.82) is 0 Å². The first-order valence-corrected chi connectivity index (χ1v) is 7.63. The van der Waals surface area contributed by atoms with Crippen LogP contribution in [0.5, 0.6) is 0 Å². The minimum atomic E-state index is -4.79. The Labute approximate surface area is 123 Å². The predicted octanol–water partition coefficient (Wildman–Crippen LogP) is 5.51. The van der Waals surface area contributed by atoms with Gasteiger partial charge in [-0.25, -0.2) is 0 Å². The van der Waals surface area contributed by atoms with E-state index in [1.807, 2.05) is 0 Å². The third kappa shape index (κ3) is 4.08. The minimum absolute atomic E-state index is 0.272. The van der Waals surface area contributed by atoms with Gasteiger partial charge >= 0.3 is 6.18 Å². The molecule has 2 rings (SSSR count). The van der Waals surface area contributed by atoms with E-state index in [0.717, 1.165) is 24.3 Å². The van der Waals surface area contributed by atoms with Crippen molar-refractivity contribution >= 4 is 5.78 Å². The predicted molar refractivity (Wildman–Crippen MR) is 76.4 cm³/mol. The van der Waals surface area contributed by atoms with Gasteiger partial charge in [0.2, 0.25) is 0 Å². The lowest BCUT2D eigenvalue weighted by Gasteiger charge is -2.28. The average molecular weight is 298 g/mol. The summed E-state index contributed by atoms with van der Waals surface area (Å²) in [4.78, 5) is 11.1. The van der Waals surface area contributed by atoms with Crippen molar-refractivity contribution in [2.24, 2.45) is 5.92 Å². The van der Waals surface area contributed by atoms with E-state index < -0.39 is 12.0 Å². The largest absolute Gasteiger partial charge is 0.454 e. The highest BCUT2D eigenvalue weighted by atomic mass is 19.4. The lowest BCUT2D eigenvalue weighted by molar-refractivity contribution is -0.0885. The van der Waals surface area contributed by atoms with Gasteiger partial charge in [-0.1, -0.05) is 44.0 Å². The molecule has 1 aliphatic carbocycles. The van der Waals surface area contributed by atoms with E-state index in [1.54, 1.807) is 12.1 Å². The highest BCUT2D eigenvalue weighted by Crippen LogP contribution is 2.37. The van der Waals surface area contributed by atoms with Gasteiger partial charge in [-0.05, 0) is 43.1 Å². The maximum absolute atomic E-state index is 12.4. The SMILES string of the molecule is CCCC1CCC(c2ccc(C(=O)C(F)(F)F)cc2)CC1. The lowest BCUT2D eigenvalue weighted by Crippen LogP contribution is -2.22. The Hall–Kier alpha value is -1.32. The molecule has 1 nitrogen and oxygen atoms in total. The molecule has 0 radical (unpaired) electrons. The fourth-order valence-corrected chi connectivity index (χ4v) is 3.26. The van der Waals surface area contributed by atoms with Gasteiger partial charge in [0.05, 0.1) is 0 Å². The maximum atomic E-state index is 12.4. The molecule has 1 fully saturated rings. The van der Waals surface area contributed by atoms with Crippen molar-refractivity contribution in [3.05, 3.63) is 35.4 Å². The van der Waals surface area contributed by atoms with Gasteiger partial charge in [-0.3, -0.25) is 4.79 Å². The summed E-state index contributed by atoms with van der Waals surface area (Å²) in [5.41, 5.74) is 0.787. The fourth-order valence-electron chi connectivity index (χ4n) is 3.26. The Morgan fingerprint density at radius 2 is 1.67 bits per heavy atom. The van der Waals surface area contributed by atoms with Crippen molar-refractivity contribution in [3.8, 4) is 0 Å². The molecule has 21 heavy (non-hydrogen) atoms. The van der Waals surface area contributed by atoms with Crippen molar-refractivity contribution in [2.75, 3.05) is 0 Å². The Balaban J connectivity index is 1.99. The summed E-state index contributed by atoms with van der Waals surface area (Å²) in [5, 5.41) is 0. The van der Waals surface area contributed by atoms with E-state index in [0.29, 0.717) is 5.92 Å². The van der Waals surface area contributed by atoms with Crippen LogP contribution in [0.4, 0.5) is 13.2 Å². The third-order valence-electron chi connectivity index (χ3n) is 4.45. The van der Waals surface area contributed by atoms with Crippen LogP contribution in [0, 0.1) is 5.92 Å². The molecule has 0 aromatic heterocycles. The second-order valence-corrected chi connectivity index (χ2v) is 5.96. The number of Topliss-reactive ketones (excluding diaryl/α,β-unsaturated/α-hetero) is 1. The second kappa shape index (κ2) is 6.63. The van der Waals surface area contributed by atoms with Gasteiger partial charge < -0.3 is 0 Å². The highest BCUT2D eigenvalue weighted by molar-refractivity contribution is 6.00. The zero-order valence-corrected chi connectivity index (χ0v) is 12.2. The molecule has 1 saturated carbocycles. The van der Waals surface area contributed by atoms with E-state index in [-0.39, 0.29) is 5.56 Å². The molecule has 4 heteroatoms. The summed E-state index contributed by atoms with van der Waals surface area (Å²) in [6.07, 6.45) is 2.27. The van der Waals surface area contributed by atoms with Crippen LogP contribution >= 0.6 is 0 Å². The number of rotatable bonds is 4. The van der Waals surface area contributed by atoms with Crippen LogP contribution in [0.2, 0.25) is 0 Å². The molecular weight excluding hydrogens is 277 g/mol. The Morgan fingerprint density at radius 3 is 2.14 bits per heavy atom. The Kier molecular flexibility index (Phi) is 5.07. The van der Waals surface area contributed by atoms with Crippen LogP contribution in [0.3, 0.4) is 0 Å². The molecule has 1 aliphatic rings. The van der Waals surface area contributed by atoms with Gasteiger partial charge in [0.25, 0.3) is 5.78 Å². The number of benzene rings is 1. The summed E-state index contributed by atoms with van der Waals surface area (Å²) < 4.78 is 37.1. The molecule has 0 bridgehead atoms. The van der Waals surface area contributed by atoms with Crippen LogP contribution in [0.25, 0.3) is 0 Å². The summed E-state index contributed by atoms with van der Waals surface area (Å²) >= 11 is 0. The first kappa shape index (κ1) is 16.1. The van der Waals surface area contributed by atoms with Gasteiger partial charge in [0.15, 0.2) is 0 Å². The third-order valence-corrected chi connectivity index (χ3v) is 4.45. The van der Waals surface area contributed by atoms with Crippen LogP contribution in [0.1, 0.15) is 67.3 Å². The number of hydrogen-bond donors (Lipinski definition) is 0. The lowest BCUT2D eigenvalue weighted by atomic mass is 9.77. The quantitative estimate of drug-likeness (QED) is 0.670. The van der Waals surface area contributed by atoms with E-state index in [2.05, 4.69) is 6.92 Å². The normalized spacial score (nSPS) is 23.0. The number of carbonyl (C=O) groups is 1. The van der Waals surface area contributed by atoms with Gasteiger partial charge in [0, 0.05) is 5.56 Å². The number of carbonyl (C=O) groups excluding carboxylic acids is 1. The summed E-state index contributed by atoms with van der Waals surface area (Å²) in [6.45, 7) is 2.20. The topological polar surface area (TPSA) is 17.1 Å². The monoisotopic (exact) mass is 298 g/mol. The number of alkyl halides is 3. The van der Waals surface area contributed by atoms with E-state index in [4.69, 9.17) is 0 Å². The van der Waals surface area contributed by atoms with Crippen molar-refractivity contribution < 1.29 is 18.0 Å². The zero-order chi connectivity index (χ0) is 15.5. The number of hydrogen-bond acceptors (Lipinski definition) is 1. The molecule has 0 unspecified atom stereocenters. The van der Waals surface area contributed by atoms with Crippen molar-refractivity contribution in [3.63, 3.8) is 0 Å². The summed E-state index contributed by atoms with van der Waals surface area (Å²) in [7, 11) is 0. The highest BCUT2D eigenvalue weighted by Gasteiger charge is 2.39. The molecule has 0 heterocycles. The first-order chi connectivity index (χ1) is 9.91. The van der Waals surface area contributed by atoms with E-state index >= 15 is 0 Å². The molecule has 1 aromatic rings.